The van der Waals surface area contributed by atoms with Gasteiger partial charge >= 0.3 is 0 Å². The molecule has 1 aliphatic heterocycles. The number of ether oxygens (including phenoxy) is 2. The van der Waals surface area contributed by atoms with Crippen LogP contribution in [0.3, 0.4) is 0 Å². The van der Waals surface area contributed by atoms with E-state index in [0.717, 1.165) is 38.7 Å². The summed E-state index contributed by atoms with van der Waals surface area (Å²) in [7, 11) is 1.69. The average molecular weight is 240 g/mol. The highest BCUT2D eigenvalue weighted by molar-refractivity contribution is 5.89. The standard InChI is InChI=1S/C14H24O3/c1-11-5-3-7-14(9-11,16-2)13(15)12-6-4-8-17-10-12/h11-12H,3-10H2,1-2H3. The highest BCUT2D eigenvalue weighted by Crippen LogP contribution is 2.38. The maximum Gasteiger partial charge on any atom is 0.169 e. The molecule has 1 saturated carbocycles. The molecule has 0 amide bonds. The lowest BCUT2D eigenvalue weighted by atomic mass is 9.72. The molecule has 3 unspecified atom stereocenters. The molecule has 3 atom stereocenters. The van der Waals surface area contributed by atoms with E-state index >= 15 is 0 Å². The molecule has 0 aromatic rings. The van der Waals surface area contributed by atoms with Crippen molar-refractivity contribution in [3.8, 4) is 0 Å². The quantitative estimate of drug-likeness (QED) is 0.760. The predicted molar refractivity (Wildman–Crippen MR) is 65.9 cm³/mol. The minimum absolute atomic E-state index is 0.0639. The van der Waals surface area contributed by atoms with Gasteiger partial charge in [-0.3, -0.25) is 4.79 Å². The number of rotatable bonds is 3. The van der Waals surface area contributed by atoms with E-state index in [9.17, 15) is 4.79 Å². The maximum absolute atomic E-state index is 12.6. The van der Waals surface area contributed by atoms with Gasteiger partial charge in [-0.15, -0.1) is 0 Å². The molecule has 0 bridgehead atoms. The van der Waals surface area contributed by atoms with Crippen LogP contribution in [-0.4, -0.2) is 31.7 Å². The molecule has 3 nitrogen and oxygen atoms in total. The minimum atomic E-state index is -0.511. The van der Waals surface area contributed by atoms with Gasteiger partial charge in [-0.1, -0.05) is 13.3 Å². The Bertz CT molecular complexity index is 271. The van der Waals surface area contributed by atoms with Crippen LogP contribution in [-0.2, 0) is 14.3 Å². The Balaban J connectivity index is 2.07. The van der Waals surface area contributed by atoms with Gasteiger partial charge < -0.3 is 9.47 Å². The molecule has 0 radical (unpaired) electrons. The van der Waals surface area contributed by atoms with Crippen LogP contribution >= 0.6 is 0 Å². The highest BCUT2D eigenvalue weighted by atomic mass is 16.5. The van der Waals surface area contributed by atoms with Crippen LogP contribution in [0.5, 0.6) is 0 Å². The largest absolute Gasteiger partial charge is 0.381 e. The van der Waals surface area contributed by atoms with Crippen molar-refractivity contribution in [1.82, 2.24) is 0 Å². The van der Waals surface area contributed by atoms with Crippen molar-refractivity contribution in [3.05, 3.63) is 0 Å². The van der Waals surface area contributed by atoms with Crippen molar-refractivity contribution in [2.75, 3.05) is 20.3 Å². The third-order valence-electron chi connectivity index (χ3n) is 4.33. The van der Waals surface area contributed by atoms with E-state index in [1.165, 1.54) is 6.42 Å². The Morgan fingerprint density at radius 2 is 2.18 bits per heavy atom. The molecule has 1 heterocycles. The Labute approximate surface area is 104 Å². The molecule has 2 aliphatic rings. The SMILES string of the molecule is COC1(C(=O)C2CCCOC2)CCCC(C)C1. The van der Waals surface area contributed by atoms with Crippen LogP contribution in [0.1, 0.15) is 45.4 Å². The summed E-state index contributed by atoms with van der Waals surface area (Å²) in [5.74, 6) is 0.956. The Kier molecular flexibility index (Phi) is 4.21. The van der Waals surface area contributed by atoms with Gasteiger partial charge in [-0.2, -0.15) is 0 Å². The topological polar surface area (TPSA) is 35.5 Å². The molecule has 0 N–H and O–H groups in total. The van der Waals surface area contributed by atoms with Gasteiger partial charge in [0.15, 0.2) is 5.78 Å². The fourth-order valence-corrected chi connectivity index (χ4v) is 3.33. The summed E-state index contributed by atoms with van der Waals surface area (Å²) in [5.41, 5.74) is -0.511. The van der Waals surface area contributed by atoms with Crippen molar-refractivity contribution < 1.29 is 14.3 Å². The van der Waals surface area contributed by atoms with Gasteiger partial charge in [0.1, 0.15) is 5.60 Å². The molecule has 1 saturated heterocycles. The lowest BCUT2D eigenvalue weighted by Crippen LogP contribution is -2.49. The second-order valence-electron chi connectivity index (χ2n) is 5.68. The molecule has 98 valence electrons. The Hall–Kier alpha value is -0.410. The zero-order chi connectivity index (χ0) is 12.3. The number of Topliss-reactive ketones (excluding diaryl/α,β-unsaturated/α-hetero) is 1. The van der Waals surface area contributed by atoms with Crippen molar-refractivity contribution in [2.45, 2.75) is 51.0 Å². The molecular formula is C14H24O3. The molecule has 17 heavy (non-hydrogen) atoms. The first-order valence-corrected chi connectivity index (χ1v) is 6.85. The number of carbonyl (C=O) groups is 1. The Morgan fingerprint density at radius 3 is 2.76 bits per heavy atom. The lowest BCUT2D eigenvalue weighted by Gasteiger charge is -2.40. The molecule has 2 fully saturated rings. The van der Waals surface area contributed by atoms with Gasteiger partial charge in [0.05, 0.1) is 6.61 Å². The number of hydrogen-bond acceptors (Lipinski definition) is 3. The number of ketones is 1. The van der Waals surface area contributed by atoms with Gasteiger partial charge in [0, 0.05) is 19.6 Å². The first kappa shape index (κ1) is 13.0. The summed E-state index contributed by atoms with van der Waals surface area (Å²) >= 11 is 0. The van der Waals surface area contributed by atoms with Gasteiger partial charge in [-0.05, 0) is 38.0 Å². The second kappa shape index (κ2) is 5.49. The molecule has 3 heteroatoms. The number of methoxy groups -OCH3 is 1. The molecule has 1 aliphatic carbocycles. The average Bonchev–Trinajstić information content (AvgIpc) is 2.38. The first-order chi connectivity index (χ1) is 8.18. The minimum Gasteiger partial charge on any atom is -0.381 e. The zero-order valence-electron chi connectivity index (χ0n) is 11.0. The van der Waals surface area contributed by atoms with Crippen LogP contribution in [0.25, 0.3) is 0 Å². The van der Waals surface area contributed by atoms with E-state index in [2.05, 4.69) is 6.92 Å². The van der Waals surface area contributed by atoms with Gasteiger partial charge in [0.2, 0.25) is 0 Å². The van der Waals surface area contributed by atoms with E-state index in [-0.39, 0.29) is 5.92 Å². The fraction of sp³-hybridized carbons (Fsp3) is 0.929. The zero-order valence-corrected chi connectivity index (χ0v) is 11.0. The third-order valence-corrected chi connectivity index (χ3v) is 4.33. The third kappa shape index (κ3) is 2.71. The highest BCUT2D eigenvalue weighted by Gasteiger charge is 2.44. The van der Waals surface area contributed by atoms with Crippen molar-refractivity contribution in [1.29, 1.82) is 0 Å². The fourth-order valence-electron chi connectivity index (χ4n) is 3.33. The van der Waals surface area contributed by atoms with Crippen LogP contribution < -0.4 is 0 Å². The lowest BCUT2D eigenvalue weighted by molar-refractivity contribution is -0.155. The molecule has 0 spiro atoms. The first-order valence-electron chi connectivity index (χ1n) is 6.85. The van der Waals surface area contributed by atoms with Gasteiger partial charge in [0.25, 0.3) is 0 Å². The summed E-state index contributed by atoms with van der Waals surface area (Å²) in [6.45, 7) is 3.62. The second-order valence-corrected chi connectivity index (χ2v) is 5.68. The maximum atomic E-state index is 12.6. The molecule has 0 aromatic heterocycles. The number of carbonyl (C=O) groups excluding carboxylic acids is 1. The van der Waals surface area contributed by atoms with E-state index < -0.39 is 5.60 Å². The van der Waals surface area contributed by atoms with Crippen molar-refractivity contribution in [2.24, 2.45) is 11.8 Å². The monoisotopic (exact) mass is 240 g/mol. The normalized spacial score (nSPS) is 38.9. The van der Waals surface area contributed by atoms with Crippen molar-refractivity contribution >= 4 is 5.78 Å². The number of hydrogen-bond donors (Lipinski definition) is 0. The van der Waals surface area contributed by atoms with Crippen LogP contribution in [0.15, 0.2) is 0 Å². The van der Waals surface area contributed by atoms with Crippen LogP contribution in [0.4, 0.5) is 0 Å². The van der Waals surface area contributed by atoms with Gasteiger partial charge in [-0.25, -0.2) is 0 Å². The molecular weight excluding hydrogens is 216 g/mol. The van der Waals surface area contributed by atoms with E-state index in [1.54, 1.807) is 7.11 Å². The molecule has 2 rings (SSSR count). The summed E-state index contributed by atoms with van der Waals surface area (Å²) in [6, 6.07) is 0. The Morgan fingerprint density at radius 1 is 1.35 bits per heavy atom. The van der Waals surface area contributed by atoms with E-state index in [4.69, 9.17) is 9.47 Å². The summed E-state index contributed by atoms with van der Waals surface area (Å²) < 4.78 is 11.1. The van der Waals surface area contributed by atoms with E-state index in [1.807, 2.05) is 0 Å². The predicted octanol–water partition coefficient (Wildman–Crippen LogP) is 2.58. The van der Waals surface area contributed by atoms with Crippen LogP contribution in [0, 0.1) is 11.8 Å². The summed E-state index contributed by atoms with van der Waals surface area (Å²) in [4.78, 5) is 12.6. The smallest absolute Gasteiger partial charge is 0.169 e. The molecule has 0 aromatic carbocycles. The summed E-state index contributed by atoms with van der Waals surface area (Å²) in [6.07, 6.45) is 6.08. The van der Waals surface area contributed by atoms with Crippen molar-refractivity contribution in [3.63, 3.8) is 0 Å². The van der Waals surface area contributed by atoms with E-state index in [0.29, 0.717) is 18.3 Å². The van der Waals surface area contributed by atoms with Crippen LogP contribution in [0.2, 0.25) is 0 Å². The summed E-state index contributed by atoms with van der Waals surface area (Å²) in [5, 5.41) is 0.